The first kappa shape index (κ1) is 23.3. The molecule has 3 rings (SSSR count). The molecular formula is C25H24BrN3O3. The Kier molecular flexibility index (Phi) is 7.85. The zero-order valence-corrected chi connectivity index (χ0v) is 19.7. The third-order valence-electron chi connectivity index (χ3n) is 4.63. The van der Waals surface area contributed by atoms with E-state index in [1.807, 2.05) is 38.1 Å². The number of rotatable bonds is 9. The highest BCUT2D eigenvalue weighted by Crippen LogP contribution is 2.33. The molecule has 32 heavy (non-hydrogen) atoms. The van der Waals surface area contributed by atoms with Gasteiger partial charge in [0.25, 0.3) is 5.56 Å². The van der Waals surface area contributed by atoms with Crippen LogP contribution in [0.4, 0.5) is 0 Å². The SMILES string of the molecule is C#CCOc1c(CC=C)cc(C=Nn2c(CC)nc3ccc(Br)cc3c2=O)cc1OCC. The van der Waals surface area contributed by atoms with Crippen molar-refractivity contribution in [2.45, 2.75) is 26.7 Å². The largest absolute Gasteiger partial charge is 0.490 e. The Labute approximate surface area is 195 Å². The smallest absolute Gasteiger partial charge is 0.282 e. The van der Waals surface area contributed by atoms with Crippen LogP contribution in [0.1, 0.15) is 30.8 Å². The van der Waals surface area contributed by atoms with E-state index in [1.54, 1.807) is 18.4 Å². The zero-order chi connectivity index (χ0) is 23.1. The number of aromatic nitrogens is 2. The fraction of sp³-hybridized carbons (Fsp3) is 0.240. The molecule has 7 heteroatoms. The minimum absolute atomic E-state index is 0.130. The highest BCUT2D eigenvalue weighted by molar-refractivity contribution is 9.10. The van der Waals surface area contributed by atoms with Gasteiger partial charge < -0.3 is 9.47 Å². The molecule has 0 bridgehead atoms. The van der Waals surface area contributed by atoms with Gasteiger partial charge in [0.15, 0.2) is 11.5 Å². The number of terminal acetylenes is 1. The summed E-state index contributed by atoms with van der Waals surface area (Å²) in [5.74, 6) is 4.20. The number of aryl methyl sites for hydroxylation is 1. The highest BCUT2D eigenvalue weighted by Gasteiger charge is 2.14. The van der Waals surface area contributed by atoms with Crippen LogP contribution >= 0.6 is 15.9 Å². The van der Waals surface area contributed by atoms with Crippen molar-refractivity contribution in [2.75, 3.05) is 13.2 Å². The van der Waals surface area contributed by atoms with E-state index in [9.17, 15) is 4.79 Å². The van der Waals surface area contributed by atoms with Gasteiger partial charge in [-0.1, -0.05) is 34.9 Å². The molecule has 0 atom stereocenters. The molecule has 0 unspecified atom stereocenters. The van der Waals surface area contributed by atoms with Crippen molar-refractivity contribution < 1.29 is 9.47 Å². The fourth-order valence-electron chi connectivity index (χ4n) is 3.27. The summed E-state index contributed by atoms with van der Waals surface area (Å²) in [6.45, 7) is 8.24. The quantitative estimate of drug-likeness (QED) is 0.245. The Morgan fingerprint density at radius 2 is 2.09 bits per heavy atom. The second-order valence-electron chi connectivity index (χ2n) is 6.83. The predicted octanol–water partition coefficient (Wildman–Crippen LogP) is 4.74. The lowest BCUT2D eigenvalue weighted by Crippen LogP contribution is -2.22. The van der Waals surface area contributed by atoms with Crippen molar-refractivity contribution in [1.82, 2.24) is 9.66 Å². The first-order valence-corrected chi connectivity index (χ1v) is 11.0. The van der Waals surface area contributed by atoms with E-state index in [2.05, 4.69) is 38.5 Å². The van der Waals surface area contributed by atoms with Crippen molar-refractivity contribution in [3.05, 3.63) is 74.8 Å². The molecule has 0 aliphatic heterocycles. The molecule has 1 heterocycles. The van der Waals surface area contributed by atoms with Crippen LogP contribution in [-0.2, 0) is 12.8 Å². The van der Waals surface area contributed by atoms with E-state index in [-0.39, 0.29) is 12.2 Å². The van der Waals surface area contributed by atoms with Crippen molar-refractivity contribution >= 4 is 33.0 Å². The molecule has 0 N–H and O–H groups in total. The normalized spacial score (nSPS) is 10.9. The molecule has 0 spiro atoms. The van der Waals surface area contributed by atoms with E-state index < -0.39 is 0 Å². The van der Waals surface area contributed by atoms with Gasteiger partial charge in [0.1, 0.15) is 12.4 Å². The van der Waals surface area contributed by atoms with E-state index in [0.29, 0.717) is 47.7 Å². The maximum Gasteiger partial charge on any atom is 0.282 e. The molecule has 0 saturated heterocycles. The maximum absolute atomic E-state index is 13.1. The number of nitrogens with zero attached hydrogens (tertiary/aromatic N) is 3. The fourth-order valence-corrected chi connectivity index (χ4v) is 3.63. The van der Waals surface area contributed by atoms with Gasteiger partial charge in [-0.2, -0.15) is 9.78 Å². The van der Waals surface area contributed by atoms with Gasteiger partial charge in [-0.25, -0.2) is 4.98 Å². The number of fused-ring (bicyclic) bond motifs is 1. The summed E-state index contributed by atoms with van der Waals surface area (Å²) in [5, 5.41) is 4.96. The van der Waals surface area contributed by atoms with Crippen LogP contribution in [0.3, 0.4) is 0 Å². The Bertz CT molecular complexity index is 1270. The summed E-state index contributed by atoms with van der Waals surface area (Å²) in [6.07, 6.45) is 9.87. The molecule has 164 valence electrons. The van der Waals surface area contributed by atoms with Crippen LogP contribution in [0.2, 0.25) is 0 Å². The standard InChI is InChI=1S/C25H24BrN3O3/c1-5-9-18-13-17(14-22(31-8-4)24(18)32-12-6-2)16-27-29-23(7-3)28-21-11-10-19(26)15-20(21)25(29)30/h2,5,10-11,13-16H,1,7-9,12H2,3-4H3. The van der Waals surface area contributed by atoms with Crippen molar-refractivity contribution in [3.63, 3.8) is 0 Å². The second kappa shape index (κ2) is 10.8. The van der Waals surface area contributed by atoms with Gasteiger partial charge >= 0.3 is 0 Å². The average Bonchev–Trinajstić information content (AvgIpc) is 2.78. The lowest BCUT2D eigenvalue weighted by molar-refractivity contribution is 0.297. The monoisotopic (exact) mass is 493 g/mol. The summed E-state index contributed by atoms with van der Waals surface area (Å²) >= 11 is 3.41. The van der Waals surface area contributed by atoms with E-state index >= 15 is 0 Å². The molecule has 0 fully saturated rings. The number of ether oxygens (including phenoxy) is 2. The molecule has 0 aliphatic rings. The van der Waals surface area contributed by atoms with Crippen LogP contribution in [0.25, 0.3) is 10.9 Å². The third kappa shape index (κ3) is 5.09. The van der Waals surface area contributed by atoms with Gasteiger partial charge in [-0.05, 0) is 49.2 Å². The molecule has 3 aromatic rings. The zero-order valence-electron chi connectivity index (χ0n) is 18.1. The number of allylic oxidation sites excluding steroid dienone is 1. The molecule has 0 saturated carbocycles. The molecule has 6 nitrogen and oxygen atoms in total. The molecule has 1 aromatic heterocycles. The van der Waals surface area contributed by atoms with Crippen LogP contribution in [0.15, 0.2) is 57.4 Å². The van der Waals surface area contributed by atoms with Gasteiger partial charge in [0, 0.05) is 16.5 Å². The third-order valence-corrected chi connectivity index (χ3v) is 5.13. The summed E-state index contributed by atoms with van der Waals surface area (Å²) < 4.78 is 13.7. The summed E-state index contributed by atoms with van der Waals surface area (Å²) in [5.41, 5.74) is 2.03. The lowest BCUT2D eigenvalue weighted by Gasteiger charge is -2.15. The Morgan fingerprint density at radius 3 is 2.78 bits per heavy atom. The van der Waals surface area contributed by atoms with E-state index in [0.717, 1.165) is 15.6 Å². The second-order valence-corrected chi connectivity index (χ2v) is 7.75. The Balaban J connectivity index is 2.11. The van der Waals surface area contributed by atoms with Gasteiger partial charge in [0.2, 0.25) is 0 Å². The minimum Gasteiger partial charge on any atom is -0.490 e. The van der Waals surface area contributed by atoms with Crippen LogP contribution < -0.4 is 15.0 Å². The topological polar surface area (TPSA) is 65.7 Å². The summed E-state index contributed by atoms with van der Waals surface area (Å²) in [6, 6.07) is 9.17. The summed E-state index contributed by atoms with van der Waals surface area (Å²) in [4.78, 5) is 17.7. The molecule has 0 radical (unpaired) electrons. The molecule has 2 aromatic carbocycles. The lowest BCUT2D eigenvalue weighted by atomic mass is 10.1. The number of benzene rings is 2. The highest BCUT2D eigenvalue weighted by atomic mass is 79.9. The van der Waals surface area contributed by atoms with Crippen molar-refractivity contribution in [2.24, 2.45) is 5.10 Å². The Hall–Kier alpha value is -3.37. The molecular weight excluding hydrogens is 470 g/mol. The summed E-state index contributed by atoms with van der Waals surface area (Å²) in [7, 11) is 0. The molecule has 0 aliphatic carbocycles. The van der Waals surface area contributed by atoms with Crippen LogP contribution in [-0.4, -0.2) is 29.1 Å². The van der Waals surface area contributed by atoms with E-state index in [4.69, 9.17) is 15.9 Å². The number of halogens is 1. The van der Waals surface area contributed by atoms with Crippen molar-refractivity contribution in [1.29, 1.82) is 0 Å². The van der Waals surface area contributed by atoms with Crippen LogP contribution in [0, 0.1) is 12.3 Å². The van der Waals surface area contributed by atoms with Gasteiger partial charge in [-0.15, -0.1) is 13.0 Å². The number of hydrogen-bond acceptors (Lipinski definition) is 5. The maximum atomic E-state index is 13.1. The van der Waals surface area contributed by atoms with E-state index in [1.165, 1.54) is 4.68 Å². The first-order valence-electron chi connectivity index (χ1n) is 10.2. The van der Waals surface area contributed by atoms with Gasteiger partial charge in [0.05, 0.1) is 23.7 Å². The van der Waals surface area contributed by atoms with Crippen molar-refractivity contribution in [3.8, 4) is 23.8 Å². The average molecular weight is 494 g/mol. The Morgan fingerprint density at radius 1 is 1.28 bits per heavy atom. The predicted molar refractivity (Wildman–Crippen MR) is 132 cm³/mol. The minimum atomic E-state index is -0.227. The first-order chi connectivity index (χ1) is 15.5. The van der Waals surface area contributed by atoms with Crippen LogP contribution in [0.5, 0.6) is 11.5 Å². The molecule has 0 amide bonds. The number of hydrogen-bond donors (Lipinski definition) is 0. The van der Waals surface area contributed by atoms with Gasteiger partial charge in [-0.3, -0.25) is 4.79 Å².